The highest BCUT2D eigenvalue weighted by Crippen LogP contribution is 2.24. The fraction of sp³-hybridized carbons (Fsp3) is 0.333. The summed E-state index contributed by atoms with van der Waals surface area (Å²) in [5.74, 6) is 0.220. The average Bonchev–Trinajstić information content (AvgIpc) is 2.06. The molecule has 0 aliphatic rings. The lowest BCUT2D eigenvalue weighted by molar-refractivity contribution is 0.384. The zero-order valence-corrected chi connectivity index (χ0v) is 8.84. The second-order valence-electron chi connectivity index (χ2n) is 2.93. The van der Waals surface area contributed by atoms with Crippen molar-refractivity contribution in [3.8, 4) is 5.75 Å². The largest absolute Gasteiger partial charge is 0.446 e. The van der Waals surface area contributed by atoms with Crippen LogP contribution in [0.25, 0.3) is 0 Å². The Kier molecular flexibility index (Phi) is 3.13. The molecule has 0 aromatic heterocycles. The lowest BCUT2D eigenvalue weighted by Gasteiger charge is -2.09. The summed E-state index contributed by atoms with van der Waals surface area (Å²) in [6.45, 7) is 3.60. The third-order valence-corrected chi connectivity index (χ3v) is 2.24. The van der Waals surface area contributed by atoms with Gasteiger partial charge >= 0.3 is 10.4 Å². The highest BCUT2D eigenvalue weighted by atomic mass is 32.3. The van der Waals surface area contributed by atoms with E-state index in [-0.39, 0.29) is 5.75 Å². The van der Waals surface area contributed by atoms with Gasteiger partial charge in [-0.3, -0.25) is 4.55 Å². The van der Waals surface area contributed by atoms with E-state index in [2.05, 4.69) is 4.18 Å². The smallest absolute Gasteiger partial charge is 0.361 e. The third-order valence-electron chi connectivity index (χ3n) is 1.86. The molecule has 0 saturated heterocycles. The zero-order chi connectivity index (χ0) is 10.8. The van der Waals surface area contributed by atoms with Gasteiger partial charge in [0.15, 0.2) is 5.75 Å². The Morgan fingerprint density at radius 3 is 2.57 bits per heavy atom. The van der Waals surface area contributed by atoms with E-state index in [4.69, 9.17) is 4.55 Å². The van der Waals surface area contributed by atoms with E-state index in [0.29, 0.717) is 12.0 Å². The second kappa shape index (κ2) is 3.98. The van der Waals surface area contributed by atoms with Crippen LogP contribution in [-0.2, 0) is 16.8 Å². The Bertz CT molecular complexity index is 422. The number of para-hydroxylation sites is 1. The molecule has 0 heterocycles. The van der Waals surface area contributed by atoms with E-state index in [0.717, 1.165) is 5.56 Å². The summed E-state index contributed by atoms with van der Waals surface area (Å²) in [7, 11) is -4.43. The van der Waals surface area contributed by atoms with Crippen molar-refractivity contribution < 1.29 is 17.2 Å². The molecule has 78 valence electrons. The Morgan fingerprint density at radius 2 is 2.07 bits per heavy atom. The summed E-state index contributed by atoms with van der Waals surface area (Å²) in [5.41, 5.74) is 1.43. The Morgan fingerprint density at radius 1 is 1.43 bits per heavy atom. The lowest BCUT2D eigenvalue weighted by atomic mass is 10.1. The number of aryl methyl sites for hydroxylation is 2. The van der Waals surface area contributed by atoms with Gasteiger partial charge in [-0.05, 0) is 24.5 Å². The number of benzene rings is 1. The molecular weight excluding hydrogens is 204 g/mol. The van der Waals surface area contributed by atoms with Crippen molar-refractivity contribution in [2.45, 2.75) is 20.3 Å². The van der Waals surface area contributed by atoms with Gasteiger partial charge in [0.1, 0.15) is 0 Å². The molecule has 1 aromatic rings. The number of rotatable bonds is 3. The fourth-order valence-electron chi connectivity index (χ4n) is 1.22. The van der Waals surface area contributed by atoms with Gasteiger partial charge in [0.25, 0.3) is 0 Å². The van der Waals surface area contributed by atoms with Crippen LogP contribution in [-0.4, -0.2) is 13.0 Å². The first-order valence-corrected chi connectivity index (χ1v) is 5.56. The molecule has 1 N–H and O–H groups in total. The van der Waals surface area contributed by atoms with Gasteiger partial charge in [0.2, 0.25) is 0 Å². The molecule has 0 unspecified atom stereocenters. The molecule has 0 atom stereocenters. The molecule has 0 aliphatic heterocycles. The first kappa shape index (κ1) is 11.0. The van der Waals surface area contributed by atoms with Crippen molar-refractivity contribution in [2.75, 3.05) is 0 Å². The van der Waals surface area contributed by atoms with Gasteiger partial charge in [-0.25, -0.2) is 0 Å². The molecule has 5 heteroatoms. The van der Waals surface area contributed by atoms with Crippen LogP contribution in [0.5, 0.6) is 5.75 Å². The van der Waals surface area contributed by atoms with Crippen LogP contribution in [0.3, 0.4) is 0 Å². The van der Waals surface area contributed by atoms with Crippen molar-refractivity contribution in [3.63, 3.8) is 0 Å². The molecule has 0 amide bonds. The van der Waals surface area contributed by atoms with Crippen LogP contribution in [0.1, 0.15) is 18.1 Å². The lowest BCUT2D eigenvalue weighted by Crippen LogP contribution is -2.09. The number of hydrogen-bond donors (Lipinski definition) is 1. The van der Waals surface area contributed by atoms with Gasteiger partial charge in [0, 0.05) is 0 Å². The molecule has 0 spiro atoms. The van der Waals surface area contributed by atoms with E-state index >= 15 is 0 Å². The maximum absolute atomic E-state index is 10.6. The standard InChI is InChI=1S/C9H12O4S/c1-3-8-6-4-5-7(2)9(8)13-14(10,11)12/h4-6H,3H2,1-2H3,(H,10,11,12). The normalized spacial score (nSPS) is 11.4. The highest BCUT2D eigenvalue weighted by molar-refractivity contribution is 7.81. The molecule has 0 saturated carbocycles. The van der Waals surface area contributed by atoms with Gasteiger partial charge in [-0.2, -0.15) is 8.42 Å². The van der Waals surface area contributed by atoms with Crippen LogP contribution in [0.2, 0.25) is 0 Å². The first-order valence-electron chi connectivity index (χ1n) is 4.19. The SMILES string of the molecule is CCc1cccc(C)c1OS(=O)(=O)O. The highest BCUT2D eigenvalue weighted by Gasteiger charge is 2.12. The van der Waals surface area contributed by atoms with Gasteiger partial charge in [0.05, 0.1) is 0 Å². The Balaban J connectivity index is 3.18. The molecule has 0 fully saturated rings. The second-order valence-corrected chi connectivity index (χ2v) is 3.95. The van der Waals surface area contributed by atoms with Crippen LogP contribution in [0.15, 0.2) is 18.2 Å². The maximum atomic E-state index is 10.6. The zero-order valence-electron chi connectivity index (χ0n) is 8.02. The Labute approximate surface area is 83.5 Å². The summed E-state index contributed by atoms with van der Waals surface area (Å²) >= 11 is 0. The average molecular weight is 216 g/mol. The van der Waals surface area contributed by atoms with Crippen LogP contribution < -0.4 is 4.18 Å². The minimum atomic E-state index is -4.43. The maximum Gasteiger partial charge on any atom is 0.446 e. The molecule has 0 radical (unpaired) electrons. The molecular formula is C9H12O4S. The van der Waals surface area contributed by atoms with Crippen molar-refractivity contribution >= 4 is 10.4 Å². The summed E-state index contributed by atoms with van der Waals surface area (Å²) < 4.78 is 34.2. The van der Waals surface area contributed by atoms with Gasteiger partial charge < -0.3 is 4.18 Å². The Hall–Kier alpha value is -1.07. The van der Waals surface area contributed by atoms with E-state index in [1.165, 1.54) is 0 Å². The molecule has 4 nitrogen and oxygen atoms in total. The molecule has 0 aliphatic carbocycles. The van der Waals surface area contributed by atoms with Crippen LogP contribution in [0, 0.1) is 6.92 Å². The van der Waals surface area contributed by atoms with E-state index in [9.17, 15) is 8.42 Å². The first-order chi connectivity index (χ1) is 6.44. The van der Waals surface area contributed by atoms with Crippen LogP contribution in [0.4, 0.5) is 0 Å². The summed E-state index contributed by atoms with van der Waals surface area (Å²) in [5, 5.41) is 0. The van der Waals surface area contributed by atoms with Gasteiger partial charge in [-0.15, -0.1) is 0 Å². The van der Waals surface area contributed by atoms with Crippen molar-refractivity contribution in [2.24, 2.45) is 0 Å². The number of hydrogen-bond acceptors (Lipinski definition) is 3. The summed E-state index contributed by atoms with van der Waals surface area (Å²) in [4.78, 5) is 0. The summed E-state index contributed by atoms with van der Waals surface area (Å²) in [6, 6.07) is 5.29. The van der Waals surface area contributed by atoms with Crippen molar-refractivity contribution in [1.82, 2.24) is 0 Å². The molecule has 1 rings (SSSR count). The van der Waals surface area contributed by atoms with Gasteiger partial charge in [-0.1, -0.05) is 25.1 Å². The topological polar surface area (TPSA) is 63.6 Å². The molecule has 0 bridgehead atoms. The fourth-order valence-corrected chi connectivity index (χ4v) is 1.67. The molecule has 1 aromatic carbocycles. The predicted octanol–water partition coefficient (Wildman–Crippen LogP) is 1.74. The van der Waals surface area contributed by atoms with E-state index < -0.39 is 10.4 Å². The van der Waals surface area contributed by atoms with E-state index in [1.807, 2.05) is 13.0 Å². The van der Waals surface area contributed by atoms with Crippen LogP contribution >= 0.6 is 0 Å². The molecule has 14 heavy (non-hydrogen) atoms. The summed E-state index contributed by atoms with van der Waals surface area (Å²) in [6.07, 6.45) is 0.645. The third kappa shape index (κ3) is 2.71. The minimum Gasteiger partial charge on any atom is -0.361 e. The predicted molar refractivity (Wildman–Crippen MR) is 52.7 cm³/mol. The monoisotopic (exact) mass is 216 g/mol. The van der Waals surface area contributed by atoms with Crippen molar-refractivity contribution in [3.05, 3.63) is 29.3 Å². The van der Waals surface area contributed by atoms with Crippen molar-refractivity contribution in [1.29, 1.82) is 0 Å². The quantitative estimate of drug-likeness (QED) is 0.782. The van der Waals surface area contributed by atoms with E-state index in [1.54, 1.807) is 19.1 Å². The minimum absolute atomic E-state index is 0.220.